The van der Waals surface area contributed by atoms with E-state index in [9.17, 15) is 0 Å². The van der Waals surface area contributed by atoms with Crippen LogP contribution in [0, 0.1) is 6.92 Å². The van der Waals surface area contributed by atoms with Gasteiger partial charge >= 0.3 is 0 Å². The minimum atomic E-state index is 0.0154. The highest BCUT2D eigenvalue weighted by Gasteiger charge is 2.05. The zero-order valence-electron chi connectivity index (χ0n) is 12.8. The van der Waals surface area contributed by atoms with Crippen molar-refractivity contribution in [1.29, 1.82) is 0 Å². The largest absolute Gasteiger partial charge is 0.489 e. The quantitative estimate of drug-likeness (QED) is 0.770. The second kappa shape index (κ2) is 7.70. The maximum atomic E-state index is 5.84. The number of ether oxygens (including phenoxy) is 3. The Morgan fingerprint density at radius 3 is 2.52 bits per heavy atom. The van der Waals surface area contributed by atoms with Crippen LogP contribution < -0.4 is 9.47 Å². The van der Waals surface area contributed by atoms with Crippen molar-refractivity contribution < 1.29 is 14.2 Å². The van der Waals surface area contributed by atoms with Crippen LogP contribution in [0.1, 0.15) is 18.1 Å². The van der Waals surface area contributed by atoms with Gasteiger partial charge in [0.25, 0.3) is 0 Å². The SMILES string of the molecule is COC[C@H](C)Oc1cccc(OCc2ccccc2C)c1. The number of hydrogen-bond acceptors (Lipinski definition) is 3. The molecule has 0 aliphatic rings. The normalized spacial score (nSPS) is 12.0. The fourth-order valence-electron chi connectivity index (χ4n) is 2.07. The molecule has 3 nitrogen and oxygen atoms in total. The van der Waals surface area contributed by atoms with E-state index >= 15 is 0 Å². The van der Waals surface area contributed by atoms with E-state index in [-0.39, 0.29) is 6.10 Å². The van der Waals surface area contributed by atoms with Gasteiger partial charge in [0.2, 0.25) is 0 Å². The average molecular weight is 286 g/mol. The van der Waals surface area contributed by atoms with Crippen LogP contribution in [0.2, 0.25) is 0 Å². The summed E-state index contributed by atoms with van der Waals surface area (Å²) < 4.78 is 16.7. The van der Waals surface area contributed by atoms with Crippen LogP contribution in [-0.4, -0.2) is 19.8 Å². The van der Waals surface area contributed by atoms with Crippen LogP contribution in [0.15, 0.2) is 48.5 Å². The van der Waals surface area contributed by atoms with E-state index in [1.54, 1.807) is 7.11 Å². The first-order valence-electron chi connectivity index (χ1n) is 7.12. The van der Waals surface area contributed by atoms with Gasteiger partial charge in [0, 0.05) is 13.2 Å². The van der Waals surface area contributed by atoms with E-state index in [0.717, 1.165) is 11.5 Å². The number of hydrogen-bond donors (Lipinski definition) is 0. The van der Waals surface area contributed by atoms with Crippen LogP contribution in [0.25, 0.3) is 0 Å². The van der Waals surface area contributed by atoms with E-state index in [2.05, 4.69) is 19.1 Å². The van der Waals surface area contributed by atoms with Gasteiger partial charge in [-0.2, -0.15) is 0 Å². The van der Waals surface area contributed by atoms with Gasteiger partial charge < -0.3 is 14.2 Å². The molecule has 0 amide bonds. The highest BCUT2D eigenvalue weighted by atomic mass is 16.5. The lowest BCUT2D eigenvalue weighted by molar-refractivity contribution is 0.0918. The summed E-state index contributed by atoms with van der Waals surface area (Å²) in [6.07, 6.45) is 0.0154. The molecule has 2 aromatic carbocycles. The summed E-state index contributed by atoms with van der Waals surface area (Å²) in [6, 6.07) is 15.9. The first kappa shape index (κ1) is 15.4. The van der Waals surface area contributed by atoms with Gasteiger partial charge in [-0.25, -0.2) is 0 Å². The third-order valence-electron chi connectivity index (χ3n) is 3.20. The summed E-state index contributed by atoms with van der Waals surface area (Å²) in [5, 5.41) is 0. The molecule has 0 spiro atoms. The maximum absolute atomic E-state index is 5.84. The maximum Gasteiger partial charge on any atom is 0.123 e. The second-order valence-corrected chi connectivity index (χ2v) is 5.07. The molecule has 21 heavy (non-hydrogen) atoms. The molecule has 0 heterocycles. The Balaban J connectivity index is 1.96. The van der Waals surface area contributed by atoms with Gasteiger partial charge in [0.05, 0.1) is 6.61 Å². The lowest BCUT2D eigenvalue weighted by atomic mass is 10.1. The van der Waals surface area contributed by atoms with E-state index in [1.165, 1.54) is 11.1 Å². The van der Waals surface area contributed by atoms with Crippen molar-refractivity contribution in [3.8, 4) is 11.5 Å². The molecule has 2 rings (SSSR count). The van der Waals surface area contributed by atoms with Gasteiger partial charge in [-0.15, -0.1) is 0 Å². The number of rotatable bonds is 7. The van der Waals surface area contributed by atoms with Crippen molar-refractivity contribution in [1.82, 2.24) is 0 Å². The van der Waals surface area contributed by atoms with Gasteiger partial charge in [0.1, 0.15) is 24.2 Å². The van der Waals surface area contributed by atoms with Gasteiger partial charge in [-0.3, -0.25) is 0 Å². The smallest absolute Gasteiger partial charge is 0.123 e. The Hall–Kier alpha value is -2.00. The van der Waals surface area contributed by atoms with Crippen molar-refractivity contribution >= 4 is 0 Å². The Bertz CT molecular complexity index is 566. The van der Waals surface area contributed by atoms with Crippen LogP contribution in [-0.2, 0) is 11.3 Å². The first-order valence-corrected chi connectivity index (χ1v) is 7.12. The van der Waals surface area contributed by atoms with E-state index < -0.39 is 0 Å². The van der Waals surface area contributed by atoms with Crippen molar-refractivity contribution in [3.63, 3.8) is 0 Å². The Kier molecular flexibility index (Phi) is 5.64. The van der Waals surface area contributed by atoms with Crippen LogP contribution >= 0.6 is 0 Å². The lowest BCUT2D eigenvalue weighted by Crippen LogP contribution is -2.17. The average Bonchev–Trinajstić information content (AvgIpc) is 2.47. The molecule has 0 aromatic heterocycles. The van der Waals surface area contributed by atoms with Crippen LogP contribution in [0.3, 0.4) is 0 Å². The molecule has 0 fully saturated rings. The predicted octanol–water partition coefficient (Wildman–Crippen LogP) is 3.99. The predicted molar refractivity (Wildman–Crippen MR) is 83.9 cm³/mol. The molecule has 0 saturated carbocycles. The number of methoxy groups -OCH3 is 1. The van der Waals surface area contributed by atoms with E-state index in [0.29, 0.717) is 13.2 Å². The fourth-order valence-corrected chi connectivity index (χ4v) is 2.07. The molecule has 0 unspecified atom stereocenters. The molecular formula is C18H22O3. The Morgan fingerprint density at radius 2 is 1.76 bits per heavy atom. The third-order valence-corrected chi connectivity index (χ3v) is 3.20. The number of benzene rings is 2. The van der Waals surface area contributed by atoms with Gasteiger partial charge in [-0.05, 0) is 37.1 Å². The summed E-state index contributed by atoms with van der Waals surface area (Å²) in [5.74, 6) is 1.60. The highest BCUT2D eigenvalue weighted by molar-refractivity contribution is 5.33. The molecule has 0 radical (unpaired) electrons. The molecule has 0 saturated heterocycles. The number of aryl methyl sites for hydroxylation is 1. The summed E-state index contributed by atoms with van der Waals surface area (Å²) in [5.41, 5.74) is 2.43. The zero-order chi connectivity index (χ0) is 15.1. The molecule has 112 valence electrons. The van der Waals surface area contributed by atoms with Crippen molar-refractivity contribution in [3.05, 3.63) is 59.7 Å². The fraction of sp³-hybridized carbons (Fsp3) is 0.333. The second-order valence-electron chi connectivity index (χ2n) is 5.07. The van der Waals surface area contributed by atoms with Crippen molar-refractivity contribution in [2.75, 3.05) is 13.7 Å². The first-order chi connectivity index (χ1) is 10.2. The molecule has 0 bridgehead atoms. The summed E-state index contributed by atoms with van der Waals surface area (Å²) in [6.45, 7) is 5.19. The summed E-state index contributed by atoms with van der Waals surface area (Å²) in [7, 11) is 1.67. The molecule has 0 N–H and O–H groups in total. The Morgan fingerprint density at radius 1 is 1.00 bits per heavy atom. The van der Waals surface area contributed by atoms with Gasteiger partial charge in [0.15, 0.2) is 0 Å². The van der Waals surface area contributed by atoms with E-state index in [4.69, 9.17) is 14.2 Å². The molecule has 3 heteroatoms. The lowest BCUT2D eigenvalue weighted by Gasteiger charge is -2.15. The minimum absolute atomic E-state index is 0.0154. The van der Waals surface area contributed by atoms with Crippen molar-refractivity contribution in [2.45, 2.75) is 26.6 Å². The molecular weight excluding hydrogens is 264 g/mol. The Labute approximate surface area is 126 Å². The van der Waals surface area contributed by atoms with E-state index in [1.807, 2.05) is 43.3 Å². The van der Waals surface area contributed by atoms with Crippen molar-refractivity contribution in [2.24, 2.45) is 0 Å². The topological polar surface area (TPSA) is 27.7 Å². The molecule has 0 aliphatic heterocycles. The molecule has 2 aromatic rings. The molecule has 1 atom stereocenters. The third kappa shape index (κ3) is 4.80. The molecule has 0 aliphatic carbocycles. The van der Waals surface area contributed by atoms with Gasteiger partial charge in [-0.1, -0.05) is 30.3 Å². The summed E-state index contributed by atoms with van der Waals surface area (Å²) >= 11 is 0. The monoisotopic (exact) mass is 286 g/mol. The van der Waals surface area contributed by atoms with Crippen LogP contribution in [0.4, 0.5) is 0 Å². The van der Waals surface area contributed by atoms with Crippen LogP contribution in [0.5, 0.6) is 11.5 Å². The summed E-state index contributed by atoms with van der Waals surface area (Å²) in [4.78, 5) is 0. The zero-order valence-corrected chi connectivity index (χ0v) is 12.8. The minimum Gasteiger partial charge on any atom is -0.489 e. The highest BCUT2D eigenvalue weighted by Crippen LogP contribution is 2.22. The standard InChI is InChI=1S/C18H22O3/c1-14-7-4-5-8-16(14)13-20-17-9-6-10-18(11-17)21-15(2)12-19-3/h4-11,15H,12-13H2,1-3H3/t15-/m0/s1.